The molecule has 0 radical (unpaired) electrons. The standard InChI is InChI=1S/C23H21ClN4/c1-3-21(27-4-2)22(25)20-13-18(14-28-23(20)26)17-7-5-6-16(12-17)15-8-10-19(24)11-9-15/h3-14,25,27H,2H2,1H3,(H2,26,28)/b21-3-,25-22?. The van der Waals surface area contributed by atoms with Crippen LogP contribution in [0.15, 0.2) is 85.3 Å². The normalized spacial score (nSPS) is 11.1. The van der Waals surface area contributed by atoms with Crippen molar-refractivity contribution in [2.24, 2.45) is 0 Å². The molecule has 0 aliphatic carbocycles. The van der Waals surface area contributed by atoms with E-state index in [-0.39, 0.29) is 5.71 Å². The van der Waals surface area contributed by atoms with E-state index in [0.29, 0.717) is 22.1 Å². The van der Waals surface area contributed by atoms with E-state index in [0.717, 1.165) is 22.3 Å². The van der Waals surface area contributed by atoms with Crippen LogP contribution in [-0.2, 0) is 0 Å². The number of nitrogens with two attached hydrogens (primary N) is 1. The van der Waals surface area contributed by atoms with Gasteiger partial charge in [-0.25, -0.2) is 4.98 Å². The molecule has 0 aliphatic heterocycles. The van der Waals surface area contributed by atoms with Crippen LogP contribution in [0.1, 0.15) is 12.5 Å². The van der Waals surface area contributed by atoms with Crippen LogP contribution in [0.2, 0.25) is 5.02 Å². The average Bonchev–Trinajstić information content (AvgIpc) is 2.72. The molecule has 3 rings (SSSR count). The van der Waals surface area contributed by atoms with Gasteiger partial charge in [0.2, 0.25) is 0 Å². The maximum absolute atomic E-state index is 8.48. The first-order valence-electron chi connectivity index (χ1n) is 8.78. The summed E-state index contributed by atoms with van der Waals surface area (Å²) in [6, 6.07) is 17.8. The molecule has 0 spiro atoms. The Morgan fingerprint density at radius 3 is 2.39 bits per heavy atom. The van der Waals surface area contributed by atoms with E-state index in [2.05, 4.69) is 22.9 Å². The molecule has 0 unspecified atom stereocenters. The van der Waals surface area contributed by atoms with E-state index in [1.54, 1.807) is 12.3 Å². The van der Waals surface area contributed by atoms with Crippen molar-refractivity contribution >= 4 is 23.1 Å². The Morgan fingerprint density at radius 1 is 1.07 bits per heavy atom. The van der Waals surface area contributed by atoms with E-state index < -0.39 is 0 Å². The number of nitrogens with zero attached hydrogens (tertiary/aromatic N) is 1. The zero-order valence-electron chi connectivity index (χ0n) is 15.5. The van der Waals surface area contributed by atoms with Gasteiger partial charge in [0.15, 0.2) is 0 Å². The number of allylic oxidation sites excluding steroid dienone is 2. The minimum Gasteiger partial charge on any atom is -0.383 e. The summed E-state index contributed by atoms with van der Waals surface area (Å²) in [6.07, 6.45) is 5.06. The molecule has 4 nitrogen and oxygen atoms in total. The number of anilines is 1. The lowest BCUT2D eigenvalue weighted by Gasteiger charge is -2.13. The molecule has 2 aromatic carbocycles. The van der Waals surface area contributed by atoms with E-state index in [1.165, 1.54) is 6.20 Å². The maximum Gasteiger partial charge on any atom is 0.132 e. The Morgan fingerprint density at radius 2 is 1.75 bits per heavy atom. The van der Waals surface area contributed by atoms with Gasteiger partial charge >= 0.3 is 0 Å². The summed E-state index contributed by atoms with van der Waals surface area (Å²) in [4.78, 5) is 4.31. The number of aromatic nitrogens is 1. The van der Waals surface area contributed by atoms with Crippen molar-refractivity contribution in [2.45, 2.75) is 6.92 Å². The first-order chi connectivity index (χ1) is 13.5. The van der Waals surface area contributed by atoms with Gasteiger partial charge in [0.25, 0.3) is 0 Å². The van der Waals surface area contributed by atoms with Gasteiger partial charge in [-0.15, -0.1) is 0 Å². The third kappa shape index (κ3) is 4.13. The molecule has 1 aromatic heterocycles. The lowest BCUT2D eigenvalue weighted by molar-refractivity contribution is 1.12. The van der Waals surface area contributed by atoms with Crippen molar-refractivity contribution in [3.05, 3.63) is 95.9 Å². The van der Waals surface area contributed by atoms with Crippen molar-refractivity contribution < 1.29 is 0 Å². The Kier molecular flexibility index (Phi) is 5.92. The van der Waals surface area contributed by atoms with Gasteiger partial charge in [-0.3, -0.25) is 5.41 Å². The SMILES string of the molecule is C=CN/C(=C\C)C(=N)c1cc(-c2cccc(-c3ccc(Cl)cc3)c2)cnc1N. The Balaban J connectivity index is 2.01. The molecule has 0 saturated heterocycles. The summed E-state index contributed by atoms with van der Waals surface area (Å²) >= 11 is 5.99. The number of halogens is 1. The van der Waals surface area contributed by atoms with Crippen LogP contribution in [0.25, 0.3) is 22.3 Å². The summed E-state index contributed by atoms with van der Waals surface area (Å²) < 4.78 is 0. The fourth-order valence-corrected chi connectivity index (χ4v) is 3.03. The second kappa shape index (κ2) is 8.55. The highest BCUT2D eigenvalue weighted by molar-refractivity contribution is 6.30. The summed E-state index contributed by atoms with van der Waals surface area (Å²) in [5.41, 5.74) is 11.5. The van der Waals surface area contributed by atoms with Gasteiger partial charge in [-0.1, -0.05) is 54.6 Å². The predicted octanol–water partition coefficient (Wildman–Crippen LogP) is 5.66. The van der Waals surface area contributed by atoms with Gasteiger partial charge in [-0.05, 0) is 54.1 Å². The number of pyridine rings is 1. The number of nitrogen functional groups attached to an aromatic ring is 1. The molecule has 0 fully saturated rings. The molecule has 0 aliphatic rings. The number of hydrogen-bond acceptors (Lipinski definition) is 4. The van der Waals surface area contributed by atoms with Crippen molar-refractivity contribution in [2.75, 3.05) is 5.73 Å². The molecule has 0 atom stereocenters. The Hall–Kier alpha value is -3.37. The summed E-state index contributed by atoms with van der Waals surface area (Å²) in [6.45, 7) is 5.50. The Bertz CT molecular complexity index is 1050. The third-order valence-electron chi connectivity index (χ3n) is 4.38. The third-order valence-corrected chi connectivity index (χ3v) is 4.63. The van der Waals surface area contributed by atoms with Gasteiger partial charge in [-0.2, -0.15) is 0 Å². The van der Waals surface area contributed by atoms with Crippen LogP contribution >= 0.6 is 11.6 Å². The van der Waals surface area contributed by atoms with E-state index >= 15 is 0 Å². The highest BCUT2D eigenvalue weighted by Gasteiger charge is 2.13. The zero-order chi connectivity index (χ0) is 20.1. The van der Waals surface area contributed by atoms with Crippen LogP contribution in [0.4, 0.5) is 5.82 Å². The molecule has 140 valence electrons. The quantitative estimate of drug-likeness (QED) is 0.477. The molecule has 0 bridgehead atoms. The molecule has 28 heavy (non-hydrogen) atoms. The predicted molar refractivity (Wildman–Crippen MR) is 118 cm³/mol. The second-order valence-corrected chi connectivity index (χ2v) is 6.61. The monoisotopic (exact) mass is 388 g/mol. The fourth-order valence-electron chi connectivity index (χ4n) is 2.91. The van der Waals surface area contributed by atoms with Crippen molar-refractivity contribution in [3.63, 3.8) is 0 Å². The van der Waals surface area contributed by atoms with Crippen LogP contribution in [-0.4, -0.2) is 10.7 Å². The molecule has 1 heterocycles. The minimum absolute atomic E-state index is 0.267. The van der Waals surface area contributed by atoms with E-state index in [4.69, 9.17) is 22.7 Å². The van der Waals surface area contributed by atoms with Gasteiger partial charge in [0.1, 0.15) is 5.82 Å². The van der Waals surface area contributed by atoms with E-state index in [9.17, 15) is 0 Å². The molecule has 0 saturated carbocycles. The highest BCUT2D eigenvalue weighted by atomic mass is 35.5. The highest BCUT2D eigenvalue weighted by Crippen LogP contribution is 2.28. The number of nitrogens with one attached hydrogen (secondary N) is 2. The van der Waals surface area contributed by atoms with Crippen LogP contribution < -0.4 is 11.1 Å². The van der Waals surface area contributed by atoms with Gasteiger partial charge in [0.05, 0.1) is 11.4 Å². The average molecular weight is 389 g/mol. The molecule has 3 aromatic rings. The first-order valence-corrected chi connectivity index (χ1v) is 9.16. The molecule has 4 N–H and O–H groups in total. The topological polar surface area (TPSA) is 74.8 Å². The minimum atomic E-state index is 0.267. The lowest BCUT2D eigenvalue weighted by atomic mass is 9.98. The van der Waals surface area contributed by atoms with Crippen LogP contribution in [0, 0.1) is 5.41 Å². The summed E-state index contributed by atoms with van der Waals surface area (Å²) in [7, 11) is 0. The largest absolute Gasteiger partial charge is 0.383 e. The number of benzene rings is 2. The molecular weight excluding hydrogens is 368 g/mol. The fraction of sp³-hybridized carbons (Fsp3) is 0.0435. The maximum atomic E-state index is 8.48. The van der Waals surface area contributed by atoms with E-state index in [1.807, 2.05) is 55.5 Å². The molecular formula is C23H21ClN4. The number of hydrogen-bond donors (Lipinski definition) is 3. The number of rotatable bonds is 6. The van der Waals surface area contributed by atoms with Gasteiger partial charge in [0, 0.05) is 22.3 Å². The molecule has 5 heteroatoms. The summed E-state index contributed by atoms with van der Waals surface area (Å²) in [5.74, 6) is 0.313. The summed E-state index contributed by atoms with van der Waals surface area (Å²) in [5, 5.41) is 12.1. The molecule has 0 amide bonds. The zero-order valence-corrected chi connectivity index (χ0v) is 16.3. The van der Waals surface area contributed by atoms with Crippen molar-refractivity contribution in [3.8, 4) is 22.3 Å². The van der Waals surface area contributed by atoms with Gasteiger partial charge < -0.3 is 11.1 Å². The van der Waals surface area contributed by atoms with Crippen LogP contribution in [0.5, 0.6) is 0 Å². The second-order valence-electron chi connectivity index (χ2n) is 6.17. The van der Waals surface area contributed by atoms with Crippen LogP contribution in [0.3, 0.4) is 0 Å². The van der Waals surface area contributed by atoms with Crippen molar-refractivity contribution in [1.29, 1.82) is 5.41 Å². The van der Waals surface area contributed by atoms with Crippen molar-refractivity contribution in [1.82, 2.24) is 10.3 Å². The Labute approximate surface area is 169 Å². The smallest absolute Gasteiger partial charge is 0.132 e. The first kappa shape index (κ1) is 19.4. The lowest BCUT2D eigenvalue weighted by Crippen LogP contribution is -2.17.